The Labute approximate surface area is 242 Å². The van der Waals surface area contributed by atoms with Crippen LogP contribution in [0.4, 0.5) is 0 Å². The summed E-state index contributed by atoms with van der Waals surface area (Å²) in [5.74, 6) is -0.809. The average molecular weight is 560 g/mol. The molecule has 1 saturated heterocycles. The van der Waals surface area contributed by atoms with E-state index in [2.05, 4.69) is 91.3 Å². The Balaban J connectivity index is 1.52. The van der Waals surface area contributed by atoms with E-state index < -0.39 is 5.97 Å². The van der Waals surface area contributed by atoms with E-state index in [4.69, 9.17) is 0 Å². The number of hydrazine groups is 2. The highest BCUT2D eigenvalue weighted by Gasteiger charge is 2.35. The molecule has 3 aromatic carbocycles. The van der Waals surface area contributed by atoms with Crippen molar-refractivity contribution >= 4 is 23.6 Å². The van der Waals surface area contributed by atoms with Gasteiger partial charge in [0.2, 0.25) is 0 Å². The number of aryl methyl sites for hydroxylation is 1. The summed E-state index contributed by atoms with van der Waals surface area (Å²) in [4.78, 5) is 24.8. The van der Waals surface area contributed by atoms with Crippen LogP contribution >= 0.6 is 11.8 Å². The van der Waals surface area contributed by atoms with Crippen molar-refractivity contribution < 1.29 is 14.7 Å². The molecule has 1 heterocycles. The lowest BCUT2D eigenvalue weighted by atomic mass is 9.86. The van der Waals surface area contributed by atoms with Crippen LogP contribution < -0.4 is 11.0 Å². The first kappa shape index (κ1) is 29.8. The maximum absolute atomic E-state index is 12.5. The van der Waals surface area contributed by atoms with Gasteiger partial charge in [-0.05, 0) is 82.9 Å². The van der Waals surface area contributed by atoms with Crippen molar-refractivity contribution in [3.8, 4) is 11.1 Å². The predicted octanol–water partition coefficient (Wildman–Crippen LogP) is 6.17. The highest BCUT2D eigenvalue weighted by atomic mass is 32.2. The highest BCUT2D eigenvalue weighted by molar-refractivity contribution is 7.98. The molecule has 0 radical (unpaired) electrons. The minimum atomic E-state index is -0.826. The van der Waals surface area contributed by atoms with Gasteiger partial charge in [-0.25, -0.2) is 5.01 Å². The van der Waals surface area contributed by atoms with Gasteiger partial charge in [0.1, 0.15) is 6.04 Å². The monoisotopic (exact) mass is 559 g/mol. The lowest BCUT2D eigenvalue weighted by Gasteiger charge is -2.30. The van der Waals surface area contributed by atoms with Crippen LogP contribution in [0.25, 0.3) is 11.1 Å². The van der Waals surface area contributed by atoms with Crippen molar-refractivity contribution in [2.24, 2.45) is 0 Å². The van der Waals surface area contributed by atoms with Crippen molar-refractivity contribution in [2.45, 2.75) is 82.2 Å². The predicted molar refractivity (Wildman–Crippen MR) is 163 cm³/mol. The van der Waals surface area contributed by atoms with Crippen molar-refractivity contribution in [2.75, 3.05) is 6.26 Å². The highest BCUT2D eigenvalue weighted by Crippen LogP contribution is 2.29. The molecule has 3 N–H and O–H groups in total. The zero-order valence-corrected chi connectivity index (χ0v) is 25.0. The Morgan fingerprint density at radius 2 is 1.65 bits per heavy atom. The van der Waals surface area contributed by atoms with E-state index in [0.717, 1.165) is 47.3 Å². The molecule has 6 nitrogen and oxygen atoms in total. The number of aliphatic carboxylic acids is 1. The molecule has 1 aliphatic heterocycles. The first-order chi connectivity index (χ1) is 19.1. The Kier molecular flexibility index (Phi) is 9.72. The van der Waals surface area contributed by atoms with E-state index in [1.807, 2.05) is 25.3 Å². The van der Waals surface area contributed by atoms with E-state index >= 15 is 0 Å². The van der Waals surface area contributed by atoms with Gasteiger partial charge in [-0.2, -0.15) is 5.53 Å². The molecule has 0 aromatic heterocycles. The second kappa shape index (κ2) is 13.0. The largest absolute Gasteiger partial charge is 0.481 e. The lowest BCUT2D eigenvalue weighted by Crippen LogP contribution is -2.48. The summed E-state index contributed by atoms with van der Waals surface area (Å²) in [7, 11) is 0. The Bertz CT molecular complexity index is 1320. The third-order valence-corrected chi connectivity index (χ3v) is 8.53. The van der Waals surface area contributed by atoms with Gasteiger partial charge in [0.05, 0.1) is 6.42 Å². The number of carbonyl (C=O) groups is 2. The van der Waals surface area contributed by atoms with Gasteiger partial charge in [-0.1, -0.05) is 82.3 Å². The molecule has 0 aliphatic carbocycles. The summed E-state index contributed by atoms with van der Waals surface area (Å²) in [5.41, 5.74) is 12.8. The van der Waals surface area contributed by atoms with Crippen LogP contribution in [0.2, 0.25) is 0 Å². The van der Waals surface area contributed by atoms with Crippen LogP contribution in [0.5, 0.6) is 0 Å². The van der Waals surface area contributed by atoms with Crippen molar-refractivity contribution in [1.29, 1.82) is 0 Å². The minimum Gasteiger partial charge on any atom is -0.481 e. The topological polar surface area (TPSA) is 81.7 Å². The summed E-state index contributed by atoms with van der Waals surface area (Å²) in [6.07, 6.45) is 5.34. The normalized spacial score (nSPS) is 16.6. The van der Waals surface area contributed by atoms with E-state index in [1.165, 1.54) is 16.7 Å². The van der Waals surface area contributed by atoms with Crippen LogP contribution in [0.1, 0.15) is 62.8 Å². The fourth-order valence-corrected chi connectivity index (χ4v) is 5.94. The quantitative estimate of drug-likeness (QED) is 0.244. The summed E-state index contributed by atoms with van der Waals surface area (Å²) >= 11 is 1.57. The number of carbonyl (C=O) groups excluding carboxylic acids is 1. The van der Waals surface area contributed by atoms with E-state index in [0.29, 0.717) is 0 Å². The number of hydrogen-bond donors (Lipinski definition) is 3. The number of hydrogen-bond acceptors (Lipinski definition) is 5. The molecule has 0 spiro atoms. The van der Waals surface area contributed by atoms with Crippen LogP contribution in [-0.4, -0.2) is 40.3 Å². The van der Waals surface area contributed by atoms with Crippen molar-refractivity contribution in [1.82, 2.24) is 16.0 Å². The molecule has 3 aromatic rings. The summed E-state index contributed by atoms with van der Waals surface area (Å²) < 4.78 is 0. The molecule has 212 valence electrons. The number of rotatable bonds is 11. The number of benzene rings is 3. The Morgan fingerprint density at radius 3 is 2.25 bits per heavy atom. The zero-order chi connectivity index (χ0) is 28.9. The molecular formula is C33H41N3O3S. The second-order valence-electron chi connectivity index (χ2n) is 11.6. The molecule has 2 atom stereocenters. The Morgan fingerprint density at radius 1 is 1.00 bits per heavy atom. The van der Waals surface area contributed by atoms with Gasteiger partial charge < -0.3 is 5.11 Å². The molecule has 1 aliphatic rings. The molecule has 1 fully saturated rings. The van der Waals surface area contributed by atoms with E-state index in [1.54, 1.807) is 11.8 Å². The molecule has 0 saturated carbocycles. The van der Waals surface area contributed by atoms with Gasteiger partial charge >= 0.3 is 5.97 Å². The number of carboxylic acids is 1. The smallest absolute Gasteiger partial charge is 0.307 e. The standard InChI is InChI=1S/C33H41N3O3S/c1-6-29-32(39)34-35-36(29)28(17-11-22-9-15-27(16-10-22)33(2,3)4)19-23-7-12-24(13-8-23)25-14-18-30(40-5)26(20-25)21-31(37)38/h7-10,12-16,18,20,28-29,35H,6,11,17,19,21H2,1-5H3,(H,34,39)(H,37,38). The van der Waals surface area contributed by atoms with Crippen LogP contribution in [0.15, 0.2) is 71.6 Å². The molecular weight excluding hydrogens is 518 g/mol. The number of nitrogens with zero attached hydrogens (tertiary/aromatic N) is 1. The molecule has 0 bridgehead atoms. The molecule has 2 unspecified atom stereocenters. The number of amides is 1. The van der Waals surface area contributed by atoms with Crippen LogP contribution in [0, 0.1) is 0 Å². The SMILES string of the molecule is CCC1C(=O)NNN1C(CCc1ccc(C(C)(C)C)cc1)Cc1ccc(-c2ccc(SC)c(CC(=O)O)c2)cc1. The van der Waals surface area contributed by atoms with E-state index in [9.17, 15) is 14.7 Å². The third-order valence-electron chi connectivity index (χ3n) is 7.69. The summed E-state index contributed by atoms with van der Waals surface area (Å²) in [6, 6.07) is 23.4. The second-order valence-corrected chi connectivity index (χ2v) is 12.4. The fourth-order valence-electron chi connectivity index (χ4n) is 5.34. The first-order valence-corrected chi connectivity index (χ1v) is 15.2. The minimum absolute atomic E-state index is 0.0108. The van der Waals surface area contributed by atoms with Crippen LogP contribution in [-0.2, 0) is 34.3 Å². The zero-order valence-electron chi connectivity index (χ0n) is 24.2. The van der Waals surface area contributed by atoms with Gasteiger partial charge in [0.25, 0.3) is 5.91 Å². The number of carboxylic acid groups (broad SMARTS) is 1. The van der Waals surface area contributed by atoms with Crippen molar-refractivity contribution in [3.05, 3.63) is 89.0 Å². The van der Waals surface area contributed by atoms with Gasteiger partial charge in [0.15, 0.2) is 0 Å². The lowest BCUT2D eigenvalue weighted by molar-refractivity contribution is -0.136. The molecule has 40 heavy (non-hydrogen) atoms. The first-order valence-electron chi connectivity index (χ1n) is 14.0. The molecule has 7 heteroatoms. The summed E-state index contributed by atoms with van der Waals surface area (Å²) in [5, 5.41) is 11.4. The molecule has 1 amide bonds. The van der Waals surface area contributed by atoms with Crippen molar-refractivity contribution in [3.63, 3.8) is 0 Å². The third kappa shape index (κ3) is 7.33. The number of thioether (sulfide) groups is 1. The summed E-state index contributed by atoms with van der Waals surface area (Å²) in [6.45, 7) is 8.73. The fraction of sp³-hybridized carbons (Fsp3) is 0.394. The Hall–Kier alpha value is -3.13. The maximum Gasteiger partial charge on any atom is 0.307 e. The van der Waals surface area contributed by atoms with Gasteiger partial charge in [0, 0.05) is 10.9 Å². The average Bonchev–Trinajstić information content (AvgIpc) is 3.30. The van der Waals surface area contributed by atoms with Gasteiger partial charge in [-0.15, -0.1) is 11.8 Å². The maximum atomic E-state index is 12.5. The molecule has 4 rings (SSSR count). The number of nitrogens with one attached hydrogen (secondary N) is 2. The van der Waals surface area contributed by atoms with Crippen LogP contribution in [0.3, 0.4) is 0 Å². The van der Waals surface area contributed by atoms with E-state index in [-0.39, 0.29) is 29.8 Å². The van der Waals surface area contributed by atoms with Gasteiger partial charge in [-0.3, -0.25) is 15.0 Å².